The number of sulfonamides is 1. The molecule has 0 amide bonds. The molecule has 180 valence electrons. The predicted molar refractivity (Wildman–Crippen MR) is 132 cm³/mol. The van der Waals surface area contributed by atoms with Crippen LogP contribution >= 0.6 is 11.3 Å². The lowest BCUT2D eigenvalue weighted by molar-refractivity contribution is 0.0526. The quantitative estimate of drug-likeness (QED) is 0.364. The van der Waals surface area contributed by atoms with Gasteiger partial charge in [0.05, 0.1) is 33.8 Å². The van der Waals surface area contributed by atoms with E-state index in [4.69, 9.17) is 4.74 Å². The molecular formula is C24H27N3O5S2. The number of ketones is 1. The Morgan fingerprint density at radius 1 is 1.12 bits per heavy atom. The fourth-order valence-corrected chi connectivity index (χ4v) is 6.16. The molecule has 2 aromatic carbocycles. The van der Waals surface area contributed by atoms with Crippen molar-refractivity contribution in [3.63, 3.8) is 0 Å². The summed E-state index contributed by atoms with van der Waals surface area (Å²) in [4.78, 5) is 29.2. The fraction of sp³-hybridized carbons (Fsp3) is 0.375. The zero-order valence-electron chi connectivity index (χ0n) is 19.1. The van der Waals surface area contributed by atoms with Gasteiger partial charge in [0, 0.05) is 18.7 Å². The number of fused-ring (bicyclic) bond motifs is 1. The minimum Gasteiger partial charge on any atom is -0.462 e. The number of Topliss-reactive ketones (excluding diaryl/α,β-unsaturated/α-hetero) is 1. The third-order valence-electron chi connectivity index (χ3n) is 5.86. The molecule has 1 aromatic heterocycles. The normalized spacial score (nSPS) is 15.4. The number of ether oxygens (including phenoxy) is 1. The monoisotopic (exact) mass is 501 g/mol. The first kappa shape index (κ1) is 24.3. The van der Waals surface area contributed by atoms with E-state index in [0.29, 0.717) is 41.9 Å². The smallest absolute Gasteiger partial charge is 0.338 e. The van der Waals surface area contributed by atoms with Crippen LogP contribution < -0.4 is 5.32 Å². The Balaban J connectivity index is 1.39. The van der Waals surface area contributed by atoms with Crippen molar-refractivity contribution in [1.29, 1.82) is 0 Å². The molecule has 0 atom stereocenters. The van der Waals surface area contributed by atoms with Gasteiger partial charge in [0.2, 0.25) is 10.0 Å². The van der Waals surface area contributed by atoms with E-state index >= 15 is 0 Å². The highest BCUT2D eigenvalue weighted by Gasteiger charge is 2.28. The van der Waals surface area contributed by atoms with Crippen LogP contribution in [0.2, 0.25) is 0 Å². The van der Waals surface area contributed by atoms with Gasteiger partial charge < -0.3 is 10.1 Å². The van der Waals surface area contributed by atoms with E-state index in [1.807, 2.05) is 0 Å². The van der Waals surface area contributed by atoms with Crippen molar-refractivity contribution in [2.75, 3.05) is 31.6 Å². The highest BCUT2D eigenvalue weighted by atomic mass is 32.2. The van der Waals surface area contributed by atoms with Crippen LogP contribution in [-0.2, 0) is 14.8 Å². The topological polar surface area (TPSA) is 106 Å². The van der Waals surface area contributed by atoms with Gasteiger partial charge >= 0.3 is 5.97 Å². The van der Waals surface area contributed by atoms with E-state index in [0.717, 1.165) is 23.1 Å². The van der Waals surface area contributed by atoms with Crippen molar-refractivity contribution < 1.29 is 22.7 Å². The van der Waals surface area contributed by atoms with Gasteiger partial charge in [0.1, 0.15) is 0 Å². The van der Waals surface area contributed by atoms with Crippen LogP contribution in [0.4, 0.5) is 5.13 Å². The third kappa shape index (κ3) is 5.29. The van der Waals surface area contributed by atoms with Crippen LogP contribution in [0.25, 0.3) is 10.2 Å². The van der Waals surface area contributed by atoms with Crippen molar-refractivity contribution in [2.45, 2.75) is 31.6 Å². The van der Waals surface area contributed by atoms with E-state index in [2.05, 4.69) is 17.2 Å². The van der Waals surface area contributed by atoms with E-state index in [1.165, 1.54) is 27.8 Å². The maximum Gasteiger partial charge on any atom is 0.338 e. The average Bonchev–Trinajstić information content (AvgIpc) is 3.25. The second-order valence-corrected chi connectivity index (χ2v) is 11.3. The lowest BCUT2D eigenvalue weighted by atomic mass is 10.0. The summed E-state index contributed by atoms with van der Waals surface area (Å²) in [5.74, 6) is -0.0287. The van der Waals surface area contributed by atoms with E-state index in [9.17, 15) is 18.0 Å². The Hall–Kier alpha value is -2.82. The summed E-state index contributed by atoms with van der Waals surface area (Å²) in [5.41, 5.74) is 1.59. The summed E-state index contributed by atoms with van der Waals surface area (Å²) in [7, 11) is -3.55. The molecule has 0 spiro atoms. The molecule has 1 aliphatic heterocycles. The lowest BCUT2D eigenvalue weighted by Crippen LogP contribution is -2.37. The number of carbonyl (C=O) groups excluding carboxylic acids is 2. The molecule has 0 unspecified atom stereocenters. The molecule has 8 nitrogen and oxygen atoms in total. The third-order valence-corrected chi connectivity index (χ3v) is 8.75. The minimum atomic E-state index is -3.55. The molecule has 0 radical (unpaired) electrons. The van der Waals surface area contributed by atoms with E-state index < -0.39 is 10.0 Å². The second-order valence-electron chi connectivity index (χ2n) is 8.31. The molecule has 1 N–H and O–H groups in total. The van der Waals surface area contributed by atoms with Crippen LogP contribution in [0.1, 0.15) is 47.4 Å². The molecule has 1 fully saturated rings. The van der Waals surface area contributed by atoms with Crippen molar-refractivity contribution in [3.05, 3.63) is 53.6 Å². The van der Waals surface area contributed by atoms with E-state index in [1.54, 1.807) is 37.3 Å². The first-order chi connectivity index (χ1) is 16.3. The van der Waals surface area contributed by atoms with Crippen LogP contribution in [0.5, 0.6) is 0 Å². The first-order valence-corrected chi connectivity index (χ1v) is 13.5. The largest absolute Gasteiger partial charge is 0.462 e. The molecule has 0 aliphatic carbocycles. The zero-order valence-corrected chi connectivity index (χ0v) is 20.7. The zero-order chi connectivity index (χ0) is 24.3. The number of thiazole rings is 1. The second kappa shape index (κ2) is 10.2. The molecule has 3 aromatic rings. The molecule has 4 rings (SSSR count). The van der Waals surface area contributed by atoms with Crippen LogP contribution in [0.15, 0.2) is 47.4 Å². The molecule has 1 saturated heterocycles. The number of hydrogen-bond donors (Lipinski definition) is 1. The van der Waals surface area contributed by atoms with Crippen molar-refractivity contribution in [3.8, 4) is 0 Å². The Morgan fingerprint density at radius 3 is 2.47 bits per heavy atom. The molecular weight excluding hydrogens is 474 g/mol. The molecule has 0 saturated carbocycles. The summed E-state index contributed by atoms with van der Waals surface area (Å²) in [6.45, 7) is 5.26. The van der Waals surface area contributed by atoms with Gasteiger partial charge in [-0.15, -0.1) is 0 Å². The number of esters is 1. The number of piperidine rings is 1. The number of anilines is 1. The fourth-order valence-electron chi connectivity index (χ4n) is 3.79. The molecule has 1 aliphatic rings. The van der Waals surface area contributed by atoms with Gasteiger partial charge in [-0.3, -0.25) is 4.79 Å². The lowest BCUT2D eigenvalue weighted by Gasteiger charge is -2.29. The average molecular weight is 502 g/mol. The first-order valence-electron chi connectivity index (χ1n) is 11.2. The molecule has 34 heavy (non-hydrogen) atoms. The van der Waals surface area contributed by atoms with Gasteiger partial charge in [-0.1, -0.05) is 18.3 Å². The Labute approximate surface area is 203 Å². The minimum absolute atomic E-state index is 0.0145. The molecule has 10 heteroatoms. The number of carbonyl (C=O) groups is 2. The van der Waals surface area contributed by atoms with E-state index in [-0.39, 0.29) is 23.2 Å². The Morgan fingerprint density at radius 2 is 1.79 bits per heavy atom. The van der Waals surface area contributed by atoms with Crippen LogP contribution in [0.3, 0.4) is 0 Å². The summed E-state index contributed by atoms with van der Waals surface area (Å²) in [6.07, 6.45) is 1.72. The molecule has 2 heterocycles. The summed E-state index contributed by atoms with van der Waals surface area (Å²) >= 11 is 1.34. The number of nitrogens with one attached hydrogen (secondary N) is 1. The van der Waals surface area contributed by atoms with Gasteiger partial charge in [0.15, 0.2) is 10.9 Å². The van der Waals surface area contributed by atoms with Gasteiger partial charge in [-0.25, -0.2) is 18.2 Å². The summed E-state index contributed by atoms with van der Waals surface area (Å²) in [5, 5.41) is 3.58. The maximum absolute atomic E-state index is 12.9. The van der Waals surface area contributed by atoms with Gasteiger partial charge in [0.25, 0.3) is 0 Å². The number of rotatable bonds is 8. The summed E-state index contributed by atoms with van der Waals surface area (Å²) in [6, 6.07) is 11.2. The Kier molecular flexibility index (Phi) is 7.30. The SMILES string of the molecule is CCOC(=O)c1ccc2nc(NCC(=O)c3ccc(S(=O)(=O)N4CCC(C)CC4)cc3)sc2c1. The summed E-state index contributed by atoms with van der Waals surface area (Å²) < 4.78 is 33.1. The number of benzene rings is 2. The van der Waals surface area contributed by atoms with Crippen molar-refractivity contribution in [1.82, 2.24) is 9.29 Å². The number of hydrogen-bond acceptors (Lipinski definition) is 8. The maximum atomic E-state index is 12.9. The van der Waals surface area contributed by atoms with Crippen molar-refractivity contribution >= 4 is 48.5 Å². The van der Waals surface area contributed by atoms with Crippen LogP contribution in [0, 0.1) is 5.92 Å². The number of aromatic nitrogens is 1. The standard InChI is InChI=1S/C24H27N3O5S2/c1-3-32-23(29)18-6-9-20-22(14-18)33-24(26-20)25-15-21(28)17-4-7-19(8-5-17)34(30,31)27-12-10-16(2)11-13-27/h4-9,14,16H,3,10-13,15H2,1-2H3,(H,25,26). The Bertz CT molecular complexity index is 1290. The highest BCUT2D eigenvalue weighted by molar-refractivity contribution is 7.89. The van der Waals surface area contributed by atoms with Gasteiger partial charge in [-0.05, 0) is 68.1 Å². The molecule has 0 bridgehead atoms. The predicted octanol–water partition coefficient (Wildman–Crippen LogP) is 4.19. The van der Waals surface area contributed by atoms with Crippen molar-refractivity contribution in [2.24, 2.45) is 5.92 Å². The number of nitrogens with zero attached hydrogens (tertiary/aromatic N) is 2. The van der Waals surface area contributed by atoms with Crippen LogP contribution in [-0.4, -0.2) is 55.7 Å². The van der Waals surface area contributed by atoms with Gasteiger partial charge in [-0.2, -0.15) is 4.31 Å². The highest BCUT2D eigenvalue weighted by Crippen LogP contribution is 2.27.